The summed E-state index contributed by atoms with van der Waals surface area (Å²) >= 11 is 4.81. The minimum Gasteiger partial charge on any atom is -0.495 e. The van der Waals surface area contributed by atoms with Gasteiger partial charge in [0.15, 0.2) is 5.82 Å². The van der Waals surface area contributed by atoms with E-state index < -0.39 is 0 Å². The van der Waals surface area contributed by atoms with E-state index >= 15 is 0 Å². The van der Waals surface area contributed by atoms with E-state index in [4.69, 9.17) is 4.74 Å². The highest BCUT2D eigenvalue weighted by Gasteiger charge is 2.15. The summed E-state index contributed by atoms with van der Waals surface area (Å²) in [6, 6.07) is 12.7. The van der Waals surface area contributed by atoms with Crippen molar-refractivity contribution in [3.05, 3.63) is 58.3 Å². The van der Waals surface area contributed by atoms with Gasteiger partial charge in [0.1, 0.15) is 10.8 Å². The first-order chi connectivity index (χ1) is 13.0. The zero-order valence-corrected chi connectivity index (χ0v) is 16.8. The molecule has 0 bridgehead atoms. The minimum atomic E-state index is -0.222. The van der Waals surface area contributed by atoms with Crippen LogP contribution in [0.4, 0.5) is 5.69 Å². The summed E-state index contributed by atoms with van der Waals surface area (Å²) in [5.41, 5.74) is 1.98. The predicted octanol–water partition coefficient (Wildman–Crippen LogP) is 4.18. The second-order valence-corrected chi connectivity index (χ2v) is 7.60. The molecule has 136 valence electrons. The summed E-state index contributed by atoms with van der Waals surface area (Å²) in [7, 11) is 1.57. The Morgan fingerprint density at radius 1 is 1.22 bits per heavy atom. The van der Waals surface area contributed by atoms with Crippen molar-refractivity contribution < 1.29 is 9.53 Å². The molecule has 0 aliphatic carbocycles. The molecule has 0 spiro atoms. The number of anilines is 1. The van der Waals surface area contributed by atoms with Gasteiger partial charge in [0.2, 0.25) is 4.96 Å². The number of methoxy groups -OCH3 is 1. The third-order valence-electron chi connectivity index (χ3n) is 3.93. The molecule has 27 heavy (non-hydrogen) atoms. The minimum absolute atomic E-state index is 0.222. The maximum Gasteiger partial charge on any atom is 0.255 e. The largest absolute Gasteiger partial charge is 0.495 e. The Morgan fingerprint density at radius 3 is 2.81 bits per heavy atom. The van der Waals surface area contributed by atoms with E-state index in [9.17, 15) is 4.79 Å². The zero-order valence-electron chi connectivity index (χ0n) is 14.4. The van der Waals surface area contributed by atoms with E-state index in [-0.39, 0.29) is 5.91 Å². The number of aromatic nitrogens is 4. The smallest absolute Gasteiger partial charge is 0.255 e. The van der Waals surface area contributed by atoms with Crippen LogP contribution < -0.4 is 10.1 Å². The van der Waals surface area contributed by atoms with Crippen LogP contribution in [0.5, 0.6) is 5.75 Å². The van der Waals surface area contributed by atoms with E-state index in [0.717, 1.165) is 25.8 Å². The lowest BCUT2D eigenvalue weighted by Crippen LogP contribution is -2.12. The van der Waals surface area contributed by atoms with Crippen molar-refractivity contribution in [2.24, 2.45) is 0 Å². The summed E-state index contributed by atoms with van der Waals surface area (Å²) in [5.74, 6) is 1.08. The molecule has 0 radical (unpaired) electrons. The molecule has 2 aromatic heterocycles. The van der Waals surface area contributed by atoms with E-state index in [1.807, 2.05) is 31.2 Å². The molecule has 0 fully saturated rings. The third-order valence-corrected chi connectivity index (χ3v) is 5.37. The SMILES string of the molecule is COc1ccc(-c2nn3c(C)nnc3s2)cc1NC(=O)c1cccc(Br)c1. The number of carbonyl (C=O) groups is 1. The Balaban J connectivity index is 1.69. The molecule has 0 unspecified atom stereocenters. The topological polar surface area (TPSA) is 81.4 Å². The highest BCUT2D eigenvalue weighted by molar-refractivity contribution is 9.10. The Morgan fingerprint density at radius 2 is 2.07 bits per heavy atom. The molecule has 4 rings (SSSR count). The zero-order chi connectivity index (χ0) is 19.0. The number of halogens is 1. The average Bonchev–Trinajstić information content (AvgIpc) is 3.24. The summed E-state index contributed by atoms with van der Waals surface area (Å²) in [4.78, 5) is 13.3. The van der Waals surface area contributed by atoms with Crippen LogP contribution in [-0.2, 0) is 0 Å². The Labute approximate surface area is 167 Å². The molecule has 2 heterocycles. The van der Waals surface area contributed by atoms with Gasteiger partial charge in [0, 0.05) is 15.6 Å². The van der Waals surface area contributed by atoms with Gasteiger partial charge in [0.25, 0.3) is 5.91 Å². The van der Waals surface area contributed by atoms with E-state index in [1.54, 1.807) is 29.8 Å². The van der Waals surface area contributed by atoms with Crippen molar-refractivity contribution in [3.63, 3.8) is 0 Å². The van der Waals surface area contributed by atoms with Crippen molar-refractivity contribution in [1.82, 2.24) is 19.8 Å². The fourth-order valence-corrected chi connectivity index (χ4v) is 3.87. The number of amides is 1. The number of fused-ring (bicyclic) bond motifs is 1. The molecule has 1 N–H and O–H groups in total. The molecular formula is C18H14BrN5O2S. The highest BCUT2D eigenvalue weighted by atomic mass is 79.9. The summed E-state index contributed by atoms with van der Waals surface area (Å²) in [6.07, 6.45) is 0. The van der Waals surface area contributed by atoms with Crippen LogP contribution in [0.2, 0.25) is 0 Å². The van der Waals surface area contributed by atoms with Crippen LogP contribution in [0.3, 0.4) is 0 Å². The highest BCUT2D eigenvalue weighted by Crippen LogP contribution is 2.33. The van der Waals surface area contributed by atoms with Crippen molar-refractivity contribution >= 4 is 43.8 Å². The van der Waals surface area contributed by atoms with Gasteiger partial charge in [-0.05, 0) is 43.3 Å². The summed E-state index contributed by atoms with van der Waals surface area (Å²) in [5, 5.41) is 16.3. The van der Waals surface area contributed by atoms with Crippen LogP contribution in [0.15, 0.2) is 46.9 Å². The standard InChI is InChI=1S/C18H14BrN5O2S/c1-10-21-22-18-24(10)23-17(27-18)12-6-7-15(26-2)14(9-12)20-16(25)11-4-3-5-13(19)8-11/h3-9H,1-2H3,(H,20,25). The molecule has 0 saturated heterocycles. The fourth-order valence-electron chi connectivity index (χ4n) is 2.59. The lowest BCUT2D eigenvalue weighted by molar-refractivity contribution is 0.102. The fraction of sp³-hybridized carbons (Fsp3) is 0.111. The number of ether oxygens (including phenoxy) is 1. The predicted molar refractivity (Wildman–Crippen MR) is 107 cm³/mol. The van der Waals surface area contributed by atoms with Gasteiger partial charge in [-0.15, -0.1) is 10.2 Å². The van der Waals surface area contributed by atoms with Crippen molar-refractivity contribution in [2.45, 2.75) is 6.92 Å². The Kier molecular flexibility index (Phi) is 4.63. The number of nitrogens with zero attached hydrogens (tertiary/aromatic N) is 4. The second kappa shape index (κ2) is 7.09. The van der Waals surface area contributed by atoms with Gasteiger partial charge in [-0.2, -0.15) is 9.61 Å². The summed E-state index contributed by atoms with van der Waals surface area (Å²) in [6.45, 7) is 1.85. The van der Waals surface area contributed by atoms with Gasteiger partial charge in [-0.25, -0.2) is 0 Å². The molecular weight excluding hydrogens is 430 g/mol. The molecule has 1 amide bonds. The van der Waals surface area contributed by atoms with Crippen molar-refractivity contribution in [3.8, 4) is 16.3 Å². The number of aryl methyl sites for hydroxylation is 1. The first-order valence-electron chi connectivity index (χ1n) is 7.99. The van der Waals surface area contributed by atoms with Crippen molar-refractivity contribution in [2.75, 3.05) is 12.4 Å². The second-order valence-electron chi connectivity index (χ2n) is 5.73. The van der Waals surface area contributed by atoms with Gasteiger partial charge in [-0.1, -0.05) is 33.3 Å². The lowest BCUT2D eigenvalue weighted by atomic mass is 10.1. The monoisotopic (exact) mass is 443 g/mol. The van der Waals surface area contributed by atoms with E-state index in [1.165, 1.54) is 11.3 Å². The summed E-state index contributed by atoms with van der Waals surface area (Å²) < 4.78 is 7.93. The van der Waals surface area contributed by atoms with Crippen molar-refractivity contribution in [1.29, 1.82) is 0 Å². The van der Waals surface area contributed by atoms with Gasteiger partial charge in [0.05, 0.1) is 12.8 Å². The quantitative estimate of drug-likeness (QED) is 0.511. The number of nitrogens with one attached hydrogen (secondary N) is 1. The van der Waals surface area contributed by atoms with Gasteiger partial charge < -0.3 is 10.1 Å². The Bertz CT molecular complexity index is 1150. The molecule has 0 atom stereocenters. The molecule has 0 aliphatic rings. The van der Waals surface area contributed by atoms with Crippen LogP contribution >= 0.6 is 27.3 Å². The first-order valence-corrected chi connectivity index (χ1v) is 9.60. The normalized spacial score (nSPS) is 10.9. The molecule has 0 saturated carbocycles. The molecule has 2 aromatic carbocycles. The Hall–Kier alpha value is -2.78. The number of carbonyl (C=O) groups excluding carboxylic acids is 1. The molecule has 0 aliphatic heterocycles. The van der Waals surface area contributed by atoms with Gasteiger partial charge >= 0.3 is 0 Å². The molecule has 4 aromatic rings. The molecule has 9 heteroatoms. The maximum atomic E-state index is 12.6. The van der Waals surface area contributed by atoms with E-state index in [2.05, 4.69) is 36.5 Å². The van der Waals surface area contributed by atoms with Crippen LogP contribution in [-0.4, -0.2) is 32.8 Å². The number of hydrogen-bond donors (Lipinski definition) is 1. The average molecular weight is 444 g/mol. The van der Waals surface area contributed by atoms with Crippen LogP contribution in [0, 0.1) is 6.92 Å². The van der Waals surface area contributed by atoms with E-state index in [0.29, 0.717) is 17.0 Å². The third kappa shape index (κ3) is 3.43. The number of hydrogen-bond acceptors (Lipinski definition) is 6. The van der Waals surface area contributed by atoms with Gasteiger partial charge in [-0.3, -0.25) is 4.79 Å². The van der Waals surface area contributed by atoms with Crippen LogP contribution in [0.1, 0.15) is 16.2 Å². The lowest BCUT2D eigenvalue weighted by Gasteiger charge is -2.11. The maximum absolute atomic E-state index is 12.6. The van der Waals surface area contributed by atoms with Crippen LogP contribution in [0.25, 0.3) is 15.5 Å². The first kappa shape index (κ1) is 17.6. The molecule has 7 nitrogen and oxygen atoms in total. The number of benzene rings is 2. The number of rotatable bonds is 4.